The molecule has 5 nitrogen and oxygen atoms in total. The van der Waals surface area contributed by atoms with E-state index in [1.54, 1.807) is 22.2 Å². The number of nitrogen functional groups attached to an aromatic ring is 1. The molecule has 2 N–H and O–H groups in total. The number of nitrogens with two attached hydrogens (primary N) is 1. The summed E-state index contributed by atoms with van der Waals surface area (Å²) in [5.74, 6) is -0.186. The smallest absolute Gasteiger partial charge is 0.360 e. The molecule has 2 rings (SSSR count). The lowest BCUT2D eigenvalue weighted by Gasteiger charge is -2.13. The highest BCUT2D eigenvalue weighted by Gasteiger charge is 2.19. The maximum atomic E-state index is 11.4. The Morgan fingerprint density at radius 2 is 2.41 bits per heavy atom. The van der Waals surface area contributed by atoms with Crippen molar-refractivity contribution in [2.24, 2.45) is 0 Å². The maximum Gasteiger partial charge on any atom is 0.360 e. The Labute approximate surface area is 103 Å². The molecule has 0 bridgehead atoms. The van der Waals surface area contributed by atoms with Crippen LogP contribution in [0.15, 0.2) is 23.2 Å². The Balaban J connectivity index is 2.34. The number of rotatable bonds is 3. The molecule has 0 fully saturated rings. The van der Waals surface area contributed by atoms with Crippen LogP contribution >= 0.6 is 11.3 Å². The molecule has 1 unspecified atom stereocenters. The molecule has 0 radical (unpaired) electrons. The van der Waals surface area contributed by atoms with Crippen LogP contribution in [0.25, 0.3) is 0 Å². The standard InChI is InChI=1S/C11H13N3O2S/c1-7(8-3-4-17-5-8)14-6-13-9(10(14)12)11(15)16-2/h3-7H,12H2,1-2H3. The number of hydrogen-bond donors (Lipinski definition) is 1. The molecule has 2 aromatic rings. The van der Waals surface area contributed by atoms with Crippen molar-refractivity contribution in [2.75, 3.05) is 12.8 Å². The lowest BCUT2D eigenvalue weighted by molar-refractivity contribution is 0.0596. The van der Waals surface area contributed by atoms with E-state index in [-0.39, 0.29) is 11.7 Å². The van der Waals surface area contributed by atoms with Gasteiger partial charge in [0.2, 0.25) is 0 Å². The summed E-state index contributed by atoms with van der Waals surface area (Å²) in [6.45, 7) is 2.00. The zero-order valence-corrected chi connectivity index (χ0v) is 10.4. The molecule has 0 aliphatic rings. The Kier molecular flexibility index (Phi) is 3.14. The Morgan fingerprint density at radius 3 is 3.00 bits per heavy atom. The van der Waals surface area contributed by atoms with E-state index in [1.807, 2.05) is 23.8 Å². The number of anilines is 1. The molecule has 0 amide bonds. The van der Waals surface area contributed by atoms with Crippen molar-refractivity contribution in [3.63, 3.8) is 0 Å². The van der Waals surface area contributed by atoms with Gasteiger partial charge in [-0.2, -0.15) is 11.3 Å². The van der Waals surface area contributed by atoms with Gasteiger partial charge in [0.05, 0.1) is 19.5 Å². The summed E-state index contributed by atoms with van der Waals surface area (Å²) in [6, 6.07) is 2.07. The van der Waals surface area contributed by atoms with E-state index >= 15 is 0 Å². The summed E-state index contributed by atoms with van der Waals surface area (Å²) in [4.78, 5) is 15.4. The molecule has 90 valence electrons. The minimum atomic E-state index is -0.515. The molecular weight excluding hydrogens is 238 g/mol. The summed E-state index contributed by atoms with van der Waals surface area (Å²) in [6.07, 6.45) is 1.56. The number of methoxy groups -OCH3 is 1. The first-order valence-electron chi connectivity index (χ1n) is 5.08. The molecule has 2 heterocycles. The second-order valence-electron chi connectivity index (χ2n) is 3.61. The molecule has 0 saturated heterocycles. The number of ether oxygens (including phenoxy) is 1. The zero-order valence-electron chi connectivity index (χ0n) is 9.58. The van der Waals surface area contributed by atoms with Gasteiger partial charge in [-0.1, -0.05) is 0 Å². The Hall–Kier alpha value is -1.82. The van der Waals surface area contributed by atoms with Crippen molar-refractivity contribution < 1.29 is 9.53 Å². The second-order valence-corrected chi connectivity index (χ2v) is 4.39. The lowest BCUT2D eigenvalue weighted by atomic mass is 10.2. The van der Waals surface area contributed by atoms with Crippen LogP contribution in [0, 0.1) is 0 Å². The van der Waals surface area contributed by atoms with Gasteiger partial charge in [0.1, 0.15) is 5.82 Å². The van der Waals surface area contributed by atoms with E-state index < -0.39 is 5.97 Å². The molecule has 2 aromatic heterocycles. The summed E-state index contributed by atoms with van der Waals surface area (Å²) >= 11 is 1.62. The number of esters is 1. The topological polar surface area (TPSA) is 70.1 Å². The van der Waals surface area contributed by atoms with Crippen LogP contribution in [0.2, 0.25) is 0 Å². The van der Waals surface area contributed by atoms with E-state index in [2.05, 4.69) is 9.72 Å². The van der Waals surface area contributed by atoms with Gasteiger partial charge in [-0.3, -0.25) is 0 Å². The van der Waals surface area contributed by atoms with Crippen LogP contribution in [-0.4, -0.2) is 22.6 Å². The van der Waals surface area contributed by atoms with Gasteiger partial charge >= 0.3 is 5.97 Å². The SMILES string of the molecule is COC(=O)c1ncn(C(C)c2ccsc2)c1N. The predicted octanol–water partition coefficient (Wildman–Crippen LogP) is 1.92. The molecule has 0 saturated carbocycles. The van der Waals surface area contributed by atoms with Crippen LogP contribution in [0.1, 0.15) is 29.0 Å². The monoisotopic (exact) mass is 251 g/mol. The molecule has 0 aliphatic heterocycles. The molecule has 0 aromatic carbocycles. The third kappa shape index (κ3) is 2.03. The fraction of sp³-hybridized carbons (Fsp3) is 0.273. The number of aromatic nitrogens is 2. The van der Waals surface area contributed by atoms with Crippen molar-refractivity contribution in [3.05, 3.63) is 34.4 Å². The molecule has 1 atom stereocenters. The number of thiophene rings is 1. The van der Waals surface area contributed by atoms with E-state index in [9.17, 15) is 4.79 Å². The largest absolute Gasteiger partial charge is 0.464 e. The van der Waals surface area contributed by atoms with Gasteiger partial charge in [0.15, 0.2) is 5.69 Å². The van der Waals surface area contributed by atoms with Crippen LogP contribution in [0.3, 0.4) is 0 Å². The van der Waals surface area contributed by atoms with E-state index in [1.165, 1.54) is 7.11 Å². The fourth-order valence-corrected chi connectivity index (χ4v) is 2.35. The van der Waals surface area contributed by atoms with Gasteiger partial charge in [-0.15, -0.1) is 0 Å². The highest BCUT2D eigenvalue weighted by molar-refractivity contribution is 7.07. The Morgan fingerprint density at radius 1 is 1.65 bits per heavy atom. The highest BCUT2D eigenvalue weighted by Crippen LogP contribution is 2.24. The number of hydrogen-bond acceptors (Lipinski definition) is 5. The van der Waals surface area contributed by atoms with E-state index in [0.717, 1.165) is 5.56 Å². The lowest BCUT2D eigenvalue weighted by Crippen LogP contribution is -2.11. The maximum absolute atomic E-state index is 11.4. The normalized spacial score (nSPS) is 12.4. The van der Waals surface area contributed by atoms with Gasteiger partial charge in [-0.25, -0.2) is 9.78 Å². The fourth-order valence-electron chi connectivity index (χ4n) is 1.61. The van der Waals surface area contributed by atoms with Gasteiger partial charge in [0, 0.05) is 0 Å². The number of carbonyl (C=O) groups excluding carboxylic acids is 1. The first-order chi connectivity index (χ1) is 8.15. The molecule has 17 heavy (non-hydrogen) atoms. The van der Waals surface area contributed by atoms with E-state index in [4.69, 9.17) is 5.73 Å². The number of carbonyl (C=O) groups is 1. The minimum Gasteiger partial charge on any atom is -0.464 e. The number of nitrogens with zero attached hydrogens (tertiary/aromatic N) is 2. The van der Waals surface area contributed by atoms with Crippen molar-refractivity contribution in [3.8, 4) is 0 Å². The average Bonchev–Trinajstić information content (AvgIpc) is 2.96. The minimum absolute atomic E-state index is 0.0483. The van der Waals surface area contributed by atoms with Crippen LogP contribution in [0.4, 0.5) is 5.82 Å². The Bertz CT molecular complexity index is 519. The first kappa shape index (κ1) is 11.7. The van der Waals surface area contributed by atoms with Crippen molar-refractivity contribution in [2.45, 2.75) is 13.0 Å². The van der Waals surface area contributed by atoms with Crippen LogP contribution in [-0.2, 0) is 4.74 Å². The van der Waals surface area contributed by atoms with Gasteiger partial charge < -0.3 is 15.0 Å². The molecule has 6 heteroatoms. The van der Waals surface area contributed by atoms with Crippen molar-refractivity contribution in [1.82, 2.24) is 9.55 Å². The molecule has 0 aliphatic carbocycles. The predicted molar refractivity (Wildman–Crippen MR) is 66.1 cm³/mol. The van der Waals surface area contributed by atoms with Crippen LogP contribution in [0.5, 0.6) is 0 Å². The van der Waals surface area contributed by atoms with Crippen molar-refractivity contribution >= 4 is 23.1 Å². The summed E-state index contributed by atoms with van der Waals surface area (Å²) in [5, 5.41) is 4.04. The quantitative estimate of drug-likeness (QED) is 0.846. The average molecular weight is 251 g/mol. The zero-order chi connectivity index (χ0) is 12.4. The van der Waals surface area contributed by atoms with Crippen LogP contribution < -0.4 is 5.73 Å². The summed E-state index contributed by atoms with van der Waals surface area (Å²) < 4.78 is 6.37. The summed E-state index contributed by atoms with van der Waals surface area (Å²) in [7, 11) is 1.31. The number of imidazole rings is 1. The molecular formula is C11H13N3O2S. The van der Waals surface area contributed by atoms with Gasteiger partial charge in [0.25, 0.3) is 0 Å². The van der Waals surface area contributed by atoms with Crippen molar-refractivity contribution in [1.29, 1.82) is 0 Å². The van der Waals surface area contributed by atoms with Gasteiger partial charge in [-0.05, 0) is 29.3 Å². The molecule has 0 spiro atoms. The second kappa shape index (κ2) is 4.58. The summed E-state index contributed by atoms with van der Waals surface area (Å²) in [5.41, 5.74) is 7.19. The first-order valence-corrected chi connectivity index (χ1v) is 6.02. The van der Waals surface area contributed by atoms with E-state index in [0.29, 0.717) is 5.82 Å². The highest BCUT2D eigenvalue weighted by atomic mass is 32.1. The third-order valence-corrected chi connectivity index (χ3v) is 3.36. The third-order valence-electron chi connectivity index (χ3n) is 2.65.